The largest absolute Gasteiger partial charge is 0.0745 e. The molecule has 0 heteroatoms. The van der Waals surface area contributed by atoms with E-state index in [1.54, 1.807) is 0 Å². The molecule has 1 aliphatic carbocycles. The molecule has 0 heterocycles. The van der Waals surface area contributed by atoms with Crippen molar-refractivity contribution in [3.05, 3.63) is 59.7 Å². The molecule has 2 aromatic rings. The first-order chi connectivity index (χ1) is 8.14. The summed E-state index contributed by atoms with van der Waals surface area (Å²) >= 11 is 0. The molecule has 0 spiro atoms. The van der Waals surface area contributed by atoms with Gasteiger partial charge in [0.25, 0.3) is 0 Å². The first-order valence-corrected chi connectivity index (χ1v) is 6.05. The summed E-state index contributed by atoms with van der Waals surface area (Å²) in [5.74, 6) is 0. The molecule has 0 aliphatic heterocycles. The summed E-state index contributed by atoms with van der Waals surface area (Å²) in [4.78, 5) is 0. The summed E-state index contributed by atoms with van der Waals surface area (Å²) in [6.45, 7) is 4.46. The molecular weight excluding hydrogens is 204 g/mol. The van der Waals surface area contributed by atoms with Crippen molar-refractivity contribution in [1.29, 1.82) is 0 Å². The summed E-state index contributed by atoms with van der Waals surface area (Å²) in [7, 11) is 0. The van der Waals surface area contributed by atoms with Crippen LogP contribution in [-0.2, 0) is 0 Å². The second kappa shape index (κ2) is 3.59. The Morgan fingerprint density at radius 2 is 1.24 bits per heavy atom. The van der Waals surface area contributed by atoms with Crippen molar-refractivity contribution in [1.82, 2.24) is 0 Å². The predicted molar refractivity (Wildman–Crippen MR) is 75.8 cm³/mol. The van der Waals surface area contributed by atoms with Crippen LogP contribution >= 0.6 is 0 Å². The standard InChI is InChI=1S/C17H16/c1-17(2)9-7-15-11-13-5-3-4-6-14(13)12-16(15)8-10-17/h3-12H,1-2H3. The fourth-order valence-electron chi connectivity index (χ4n) is 2.23. The molecule has 17 heavy (non-hydrogen) atoms. The maximum atomic E-state index is 2.27. The number of rotatable bonds is 0. The van der Waals surface area contributed by atoms with Crippen LogP contribution in [-0.4, -0.2) is 0 Å². The van der Waals surface area contributed by atoms with Crippen molar-refractivity contribution in [2.45, 2.75) is 13.8 Å². The summed E-state index contributed by atoms with van der Waals surface area (Å²) < 4.78 is 0. The van der Waals surface area contributed by atoms with E-state index in [-0.39, 0.29) is 5.41 Å². The Bertz CT molecular complexity index is 573. The fraction of sp³-hybridized carbons (Fsp3) is 0.176. The van der Waals surface area contributed by atoms with Gasteiger partial charge < -0.3 is 0 Å². The third-order valence-electron chi connectivity index (χ3n) is 3.34. The number of benzene rings is 2. The third-order valence-corrected chi connectivity index (χ3v) is 3.34. The Morgan fingerprint density at radius 3 is 1.71 bits per heavy atom. The molecule has 0 atom stereocenters. The molecule has 0 bridgehead atoms. The van der Waals surface area contributed by atoms with Crippen LogP contribution in [0.4, 0.5) is 0 Å². The zero-order chi connectivity index (χ0) is 11.9. The van der Waals surface area contributed by atoms with E-state index in [0.29, 0.717) is 0 Å². The number of fused-ring (bicyclic) bond motifs is 2. The van der Waals surface area contributed by atoms with E-state index in [1.807, 2.05) is 0 Å². The second-order valence-corrected chi connectivity index (χ2v) is 5.32. The Morgan fingerprint density at radius 1 is 0.765 bits per heavy atom. The topological polar surface area (TPSA) is 0 Å². The van der Waals surface area contributed by atoms with Gasteiger partial charge in [-0.25, -0.2) is 0 Å². The molecule has 3 rings (SSSR count). The van der Waals surface area contributed by atoms with Crippen LogP contribution in [0.1, 0.15) is 25.0 Å². The molecule has 0 radical (unpaired) electrons. The smallest absolute Gasteiger partial charge is 0.00111 e. The Kier molecular flexibility index (Phi) is 2.19. The lowest BCUT2D eigenvalue weighted by Gasteiger charge is -2.11. The molecule has 0 saturated heterocycles. The quantitative estimate of drug-likeness (QED) is 0.592. The first-order valence-electron chi connectivity index (χ1n) is 6.05. The summed E-state index contributed by atoms with van der Waals surface area (Å²) in [5.41, 5.74) is 2.77. The number of hydrogen-bond acceptors (Lipinski definition) is 0. The van der Waals surface area contributed by atoms with E-state index in [1.165, 1.54) is 21.9 Å². The van der Waals surface area contributed by atoms with E-state index in [0.717, 1.165) is 0 Å². The van der Waals surface area contributed by atoms with E-state index in [2.05, 4.69) is 74.5 Å². The molecule has 0 N–H and O–H groups in total. The molecule has 0 unspecified atom stereocenters. The van der Waals surface area contributed by atoms with E-state index in [9.17, 15) is 0 Å². The van der Waals surface area contributed by atoms with Crippen LogP contribution in [0.2, 0.25) is 0 Å². The van der Waals surface area contributed by atoms with Gasteiger partial charge in [-0.15, -0.1) is 0 Å². The Labute approximate surface area is 102 Å². The molecule has 0 nitrogen and oxygen atoms in total. The van der Waals surface area contributed by atoms with Gasteiger partial charge in [-0.05, 0) is 34.0 Å². The average molecular weight is 220 g/mol. The van der Waals surface area contributed by atoms with E-state index < -0.39 is 0 Å². The van der Waals surface area contributed by atoms with Crippen molar-refractivity contribution in [2.75, 3.05) is 0 Å². The van der Waals surface area contributed by atoms with Crippen LogP contribution in [0.3, 0.4) is 0 Å². The highest BCUT2D eigenvalue weighted by Crippen LogP contribution is 2.30. The minimum absolute atomic E-state index is 0.144. The van der Waals surface area contributed by atoms with Gasteiger partial charge in [-0.2, -0.15) is 0 Å². The Hall–Kier alpha value is -1.82. The van der Waals surface area contributed by atoms with Gasteiger partial charge in [0.1, 0.15) is 0 Å². The summed E-state index contributed by atoms with van der Waals surface area (Å²) in [6, 6.07) is 13.1. The van der Waals surface area contributed by atoms with Crippen LogP contribution in [0, 0.1) is 5.41 Å². The van der Waals surface area contributed by atoms with Crippen molar-refractivity contribution in [3.63, 3.8) is 0 Å². The van der Waals surface area contributed by atoms with Crippen LogP contribution in [0.15, 0.2) is 48.6 Å². The van der Waals surface area contributed by atoms with Gasteiger partial charge in [0, 0.05) is 5.41 Å². The fourth-order valence-corrected chi connectivity index (χ4v) is 2.23. The zero-order valence-electron chi connectivity index (χ0n) is 10.3. The molecule has 0 aromatic heterocycles. The lowest BCUT2D eigenvalue weighted by Crippen LogP contribution is -1.99. The molecule has 0 fully saturated rings. The van der Waals surface area contributed by atoms with Crippen molar-refractivity contribution < 1.29 is 0 Å². The monoisotopic (exact) mass is 220 g/mol. The molecular formula is C17H16. The normalized spacial score (nSPS) is 16.8. The molecule has 84 valence electrons. The lowest BCUT2D eigenvalue weighted by molar-refractivity contribution is 0.633. The third kappa shape index (κ3) is 1.91. The van der Waals surface area contributed by atoms with Gasteiger partial charge in [0.2, 0.25) is 0 Å². The van der Waals surface area contributed by atoms with Crippen LogP contribution < -0.4 is 0 Å². The highest BCUT2D eigenvalue weighted by atomic mass is 14.2. The Balaban J connectivity index is 2.26. The van der Waals surface area contributed by atoms with Gasteiger partial charge in [-0.3, -0.25) is 0 Å². The average Bonchev–Trinajstić information content (AvgIpc) is 2.47. The van der Waals surface area contributed by atoms with Gasteiger partial charge >= 0.3 is 0 Å². The van der Waals surface area contributed by atoms with Crippen LogP contribution in [0.25, 0.3) is 22.9 Å². The summed E-state index contributed by atoms with van der Waals surface area (Å²) in [6.07, 6.45) is 9.01. The maximum Gasteiger partial charge on any atom is 0.00111 e. The van der Waals surface area contributed by atoms with Crippen molar-refractivity contribution in [3.8, 4) is 0 Å². The van der Waals surface area contributed by atoms with Gasteiger partial charge in [0.15, 0.2) is 0 Å². The van der Waals surface area contributed by atoms with E-state index >= 15 is 0 Å². The van der Waals surface area contributed by atoms with Gasteiger partial charge in [0.05, 0.1) is 0 Å². The SMILES string of the molecule is CC1(C)C=Cc2cc3ccccc3cc2C=C1. The highest BCUT2D eigenvalue weighted by molar-refractivity contribution is 5.89. The zero-order valence-corrected chi connectivity index (χ0v) is 10.3. The minimum Gasteiger partial charge on any atom is -0.0745 e. The molecule has 0 amide bonds. The van der Waals surface area contributed by atoms with Crippen molar-refractivity contribution >= 4 is 22.9 Å². The highest BCUT2D eigenvalue weighted by Gasteiger charge is 2.12. The maximum absolute atomic E-state index is 2.27. The predicted octanol–water partition coefficient (Wildman–Crippen LogP) is 4.91. The summed E-state index contributed by atoms with van der Waals surface area (Å²) in [5, 5.41) is 2.62. The second-order valence-electron chi connectivity index (χ2n) is 5.32. The molecule has 1 aliphatic rings. The first kappa shape index (κ1) is 10.3. The number of allylic oxidation sites excluding steroid dienone is 2. The van der Waals surface area contributed by atoms with E-state index in [4.69, 9.17) is 0 Å². The van der Waals surface area contributed by atoms with Gasteiger partial charge in [-0.1, -0.05) is 62.4 Å². The molecule has 2 aromatic carbocycles. The lowest BCUT2D eigenvalue weighted by atomic mass is 9.93. The molecule has 0 saturated carbocycles. The van der Waals surface area contributed by atoms with Crippen LogP contribution in [0.5, 0.6) is 0 Å². The minimum atomic E-state index is 0.144. The van der Waals surface area contributed by atoms with Crippen molar-refractivity contribution in [2.24, 2.45) is 5.41 Å². The number of hydrogen-bond donors (Lipinski definition) is 0.